The molecule has 2 aliphatic rings. The molecule has 0 bridgehead atoms. The van der Waals surface area contributed by atoms with Gasteiger partial charge in [-0.2, -0.15) is 0 Å². The largest absolute Gasteiger partial charge is 0.495 e. The molecule has 2 fully saturated rings. The third-order valence-electron chi connectivity index (χ3n) is 6.31. The van der Waals surface area contributed by atoms with Gasteiger partial charge in [0.1, 0.15) is 0 Å². The topological polar surface area (TPSA) is 38.8 Å². The molecule has 0 aromatic heterocycles. The van der Waals surface area contributed by atoms with Gasteiger partial charge in [-0.25, -0.2) is 0 Å². The van der Waals surface area contributed by atoms with E-state index in [1.807, 2.05) is 29.2 Å². The molecule has 27 heavy (non-hydrogen) atoms. The van der Waals surface area contributed by atoms with Crippen LogP contribution in [0.25, 0.3) is 10.8 Å². The lowest BCUT2D eigenvalue weighted by Crippen LogP contribution is -2.41. The van der Waals surface area contributed by atoms with E-state index >= 15 is 0 Å². The summed E-state index contributed by atoms with van der Waals surface area (Å²) in [6.45, 7) is 9.98. The number of amides is 1. The van der Waals surface area contributed by atoms with Crippen LogP contribution in [-0.4, -0.2) is 42.2 Å². The van der Waals surface area contributed by atoms with E-state index in [0.717, 1.165) is 47.7 Å². The number of carbonyl (C=O) groups excluding carboxylic acids is 1. The van der Waals surface area contributed by atoms with Crippen LogP contribution in [0, 0.1) is 0 Å². The Hall–Kier alpha value is -1.85. The summed E-state index contributed by atoms with van der Waals surface area (Å²) >= 11 is 0. The lowest BCUT2D eigenvalue weighted by molar-refractivity contribution is 0.00578. The highest BCUT2D eigenvalue weighted by Crippen LogP contribution is 2.37. The van der Waals surface area contributed by atoms with Crippen LogP contribution in [0.15, 0.2) is 36.4 Å². The molecule has 1 amide bonds. The first-order valence-electron chi connectivity index (χ1n) is 9.96. The van der Waals surface area contributed by atoms with Crippen molar-refractivity contribution in [3.63, 3.8) is 0 Å². The fourth-order valence-corrected chi connectivity index (χ4v) is 3.90. The van der Waals surface area contributed by atoms with Crippen molar-refractivity contribution in [1.29, 1.82) is 0 Å². The molecule has 4 nitrogen and oxygen atoms in total. The molecule has 5 heteroatoms. The first-order valence-corrected chi connectivity index (χ1v) is 9.96. The van der Waals surface area contributed by atoms with E-state index in [-0.39, 0.29) is 17.1 Å². The van der Waals surface area contributed by atoms with E-state index < -0.39 is 7.12 Å². The molecular weight excluding hydrogens is 337 g/mol. The normalized spacial score (nSPS) is 21.6. The number of benzene rings is 2. The number of hydrogen-bond acceptors (Lipinski definition) is 3. The summed E-state index contributed by atoms with van der Waals surface area (Å²) in [4.78, 5) is 14.8. The van der Waals surface area contributed by atoms with Crippen molar-refractivity contribution < 1.29 is 14.1 Å². The van der Waals surface area contributed by atoms with Crippen molar-refractivity contribution in [2.45, 2.75) is 58.2 Å². The highest BCUT2D eigenvalue weighted by atomic mass is 16.7. The van der Waals surface area contributed by atoms with Gasteiger partial charge in [0, 0.05) is 18.7 Å². The Kier molecular flexibility index (Phi) is 4.56. The highest BCUT2D eigenvalue weighted by Gasteiger charge is 2.52. The van der Waals surface area contributed by atoms with E-state index in [1.54, 1.807) is 0 Å². The summed E-state index contributed by atoms with van der Waals surface area (Å²) in [5.41, 5.74) is 1.03. The van der Waals surface area contributed by atoms with Crippen LogP contribution >= 0.6 is 0 Å². The van der Waals surface area contributed by atoms with Gasteiger partial charge < -0.3 is 14.2 Å². The van der Waals surface area contributed by atoms with Crippen LogP contribution in [0.3, 0.4) is 0 Å². The van der Waals surface area contributed by atoms with Gasteiger partial charge in [-0.1, -0.05) is 24.3 Å². The standard InChI is InChI=1S/C22H28BNO3/c1-21(2)22(3,4)27-23(26-21)19-10-8-9-16-15-17(11-12-18(16)19)20(25)24-13-6-5-7-14-24/h8-12,15H,5-7,13-14H2,1-4H3. The predicted octanol–water partition coefficient (Wildman–Crippen LogP) is 3.77. The molecule has 2 heterocycles. The summed E-state index contributed by atoms with van der Waals surface area (Å²) in [7, 11) is -0.401. The van der Waals surface area contributed by atoms with Gasteiger partial charge in [-0.15, -0.1) is 0 Å². The first kappa shape index (κ1) is 18.5. The molecule has 4 rings (SSSR count). The van der Waals surface area contributed by atoms with Crippen LogP contribution in [-0.2, 0) is 9.31 Å². The SMILES string of the molecule is CC1(C)OB(c2cccc3cc(C(=O)N4CCCCC4)ccc23)OC1(C)C. The van der Waals surface area contributed by atoms with E-state index in [2.05, 4.69) is 39.8 Å². The lowest BCUT2D eigenvalue weighted by atomic mass is 9.76. The van der Waals surface area contributed by atoms with Crippen LogP contribution in [0.4, 0.5) is 0 Å². The molecule has 0 spiro atoms. The third kappa shape index (κ3) is 3.28. The monoisotopic (exact) mass is 365 g/mol. The molecular formula is C22H28BNO3. The summed E-state index contributed by atoms with van der Waals surface area (Å²) < 4.78 is 12.5. The van der Waals surface area contributed by atoms with Crippen LogP contribution in [0.2, 0.25) is 0 Å². The number of piperidine rings is 1. The zero-order valence-electron chi connectivity index (χ0n) is 16.7. The second-order valence-corrected chi connectivity index (χ2v) is 8.72. The predicted molar refractivity (Wildman–Crippen MR) is 109 cm³/mol. The Morgan fingerprint density at radius 3 is 2.30 bits per heavy atom. The van der Waals surface area contributed by atoms with Gasteiger partial charge in [0.15, 0.2) is 0 Å². The minimum Gasteiger partial charge on any atom is -0.399 e. The van der Waals surface area contributed by atoms with Crippen molar-refractivity contribution in [2.24, 2.45) is 0 Å². The molecule has 0 N–H and O–H groups in total. The minimum absolute atomic E-state index is 0.137. The molecule has 0 radical (unpaired) electrons. The fourth-order valence-electron chi connectivity index (χ4n) is 3.90. The number of nitrogens with zero attached hydrogens (tertiary/aromatic N) is 1. The van der Waals surface area contributed by atoms with E-state index in [9.17, 15) is 4.79 Å². The van der Waals surface area contributed by atoms with E-state index in [4.69, 9.17) is 9.31 Å². The van der Waals surface area contributed by atoms with Crippen molar-refractivity contribution in [3.05, 3.63) is 42.0 Å². The molecule has 2 aromatic rings. The molecule has 0 saturated carbocycles. The molecule has 2 aromatic carbocycles. The van der Waals surface area contributed by atoms with Gasteiger partial charge in [0.25, 0.3) is 5.91 Å². The summed E-state index contributed by atoms with van der Waals surface area (Å²) in [5.74, 6) is 0.137. The van der Waals surface area contributed by atoms with Gasteiger partial charge in [-0.05, 0) is 75.3 Å². The zero-order valence-corrected chi connectivity index (χ0v) is 16.7. The average Bonchev–Trinajstić information content (AvgIpc) is 2.88. The van der Waals surface area contributed by atoms with Crippen LogP contribution in [0.1, 0.15) is 57.3 Å². The highest BCUT2D eigenvalue weighted by molar-refractivity contribution is 6.65. The van der Waals surface area contributed by atoms with Crippen molar-refractivity contribution >= 4 is 29.3 Å². The lowest BCUT2D eigenvalue weighted by Gasteiger charge is -2.32. The molecule has 0 atom stereocenters. The first-order chi connectivity index (χ1) is 12.8. The Morgan fingerprint density at radius 1 is 0.963 bits per heavy atom. The summed E-state index contributed by atoms with van der Waals surface area (Å²) in [5, 5.41) is 2.12. The van der Waals surface area contributed by atoms with Crippen molar-refractivity contribution in [2.75, 3.05) is 13.1 Å². The van der Waals surface area contributed by atoms with Gasteiger partial charge in [-0.3, -0.25) is 4.79 Å². The fraction of sp³-hybridized carbons (Fsp3) is 0.500. The second-order valence-electron chi connectivity index (χ2n) is 8.72. The smallest absolute Gasteiger partial charge is 0.399 e. The third-order valence-corrected chi connectivity index (χ3v) is 6.31. The number of rotatable bonds is 2. The number of hydrogen-bond donors (Lipinski definition) is 0. The number of likely N-dealkylation sites (tertiary alicyclic amines) is 1. The molecule has 2 aliphatic heterocycles. The zero-order chi connectivity index (χ0) is 19.2. The van der Waals surface area contributed by atoms with E-state index in [1.165, 1.54) is 6.42 Å². The summed E-state index contributed by atoms with van der Waals surface area (Å²) in [6.07, 6.45) is 3.43. The Bertz CT molecular complexity index is 855. The van der Waals surface area contributed by atoms with Gasteiger partial charge >= 0.3 is 7.12 Å². The number of carbonyl (C=O) groups is 1. The Labute approximate surface area is 162 Å². The van der Waals surface area contributed by atoms with Gasteiger partial charge in [0.05, 0.1) is 11.2 Å². The van der Waals surface area contributed by atoms with Gasteiger partial charge in [0.2, 0.25) is 0 Å². The maximum atomic E-state index is 12.8. The van der Waals surface area contributed by atoms with Crippen LogP contribution < -0.4 is 5.46 Å². The van der Waals surface area contributed by atoms with Crippen molar-refractivity contribution in [1.82, 2.24) is 4.90 Å². The maximum absolute atomic E-state index is 12.8. The maximum Gasteiger partial charge on any atom is 0.495 e. The quantitative estimate of drug-likeness (QED) is 0.761. The van der Waals surface area contributed by atoms with E-state index in [0.29, 0.717) is 0 Å². The minimum atomic E-state index is -0.401. The molecule has 0 aliphatic carbocycles. The molecule has 2 saturated heterocycles. The number of fused-ring (bicyclic) bond motifs is 1. The molecule has 0 unspecified atom stereocenters. The molecule has 142 valence electrons. The Morgan fingerprint density at radius 2 is 1.63 bits per heavy atom. The van der Waals surface area contributed by atoms with Crippen molar-refractivity contribution in [3.8, 4) is 0 Å². The average molecular weight is 365 g/mol. The Balaban J connectivity index is 1.66. The van der Waals surface area contributed by atoms with Crippen LogP contribution in [0.5, 0.6) is 0 Å². The second kappa shape index (κ2) is 6.64. The summed E-state index contributed by atoms with van der Waals surface area (Å²) in [6, 6.07) is 12.1.